The molecule has 1 heteroatoms. The molecule has 0 saturated heterocycles. The second-order valence-corrected chi connectivity index (χ2v) is 6.49. The monoisotopic (exact) mass is 206 g/mol. The zero-order chi connectivity index (χ0) is 10.5. The van der Waals surface area contributed by atoms with Crippen molar-refractivity contribution in [3.05, 3.63) is 0 Å². The zero-order valence-corrected chi connectivity index (χ0v) is 9.80. The first kappa shape index (κ1) is 9.86. The topological polar surface area (TPSA) is 17.1 Å². The Bertz CT molecular complexity index is 244. The molecule has 4 aliphatic rings. The van der Waals surface area contributed by atoms with Gasteiger partial charge in [0.1, 0.15) is 5.78 Å². The van der Waals surface area contributed by atoms with Crippen LogP contribution in [-0.4, -0.2) is 5.78 Å². The number of rotatable bonds is 3. The van der Waals surface area contributed by atoms with E-state index in [-0.39, 0.29) is 0 Å². The third kappa shape index (κ3) is 1.64. The Labute approximate surface area is 92.6 Å². The first-order valence-electron chi connectivity index (χ1n) is 6.71. The molecule has 4 fully saturated rings. The second-order valence-electron chi connectivity index (χ2n) is 6.49. The summed E-state index contributed by atoms with van der Waals surface area (Å²) >= 11 is 0. The fourth-order valence-electron chi connectivity index (χ4n) is 5.05. The highest BCUT2D eigenvalue weighted by Gasteiger charge is 2.51. The third-order valence-electron chi connectivity index (χ3n) is 5.13. The molecule has 0 unspecified atom stereocenters. The number of hydrogen-bond donors (Lipinski definition) is 0. The lowest BCUT2D eigenvalue weighted by atomic mass is 9.48. The molecule has 0 aromatic rings. The number of Topliss-reactive ketones (excluding diaryl/α,β-unsaturated/α-hetero) is 1. The van der Waals surface area contributed by atoms with Crippen LogP contribution in [0.4, 0.5) is 0 Å². The lowest BCUT2D eigenvalue weighted by Crippen LogP contribution is -2.46. The van der Waals surface area contributed by atoms with Crippen LogP contribution in [0, 0.1) is 23.2 Å². The Hall–Kier alpha value is -0.330. The van der Waals surface area contributed by atoms with E-state index in [9.17, 15) is 4.79 Å². The molecule has 4 rings (SSSR count). The molecule has 4 saturated carbocycles. The molecule has 0 N–H and O–H groups in total. The van der Waals surface area contributed by atoms with E-state index in [1.807, 2.05) is 6.92 Å². The summed E-state index contributed by atoms with van der Waals surface area (Å²) in [6.45, 7) is 2.02. The van der Waals surface area contributed by atoms with Crippen LogP contribution in [0.25, 0.3) is 0 Å². The van der Waals surface area contributed by atoms with Crippen molar-refractivity contribution in [2.24, 2.45) is 23.2 Å². The number of hydrogen-bond acceptors (Lipinski definition) is 1. The number of ketones is 1. The molecular weight excluding hydrogens is 184 g/mol. The van der Waals surface area contributed by atoms with E-state index >= 15 is 0 Å². The SMILES string of the molecule is CCC(=O)CC12CC3CC(CC(C3)C1)C2. The summed E-state index contributed by atoms with van der Waals surface area (Å²) in [5.74, 6) is 3.47. The Balaban J connectivity index is 1.78. The van der Waals surface area contributed by atoms with Gasteiger partial charge in [0.15, 0.2) is 0 Å². The molecule has 1 nitrogen and oxygen atoms in total. The average molecular weight is 206 g/mol. The van der Waals surface area contributed by atoms with Crippen molar-refractivity contribution < 1.29 is 4.79 Å². The highest BCUT2D eigenvalue weighted by atomic mass is 16.1. The van der Waals surface area contributed by atoms with Gasteiger partial charge in [0, 0.05) is 12.8 Å². The van der Waals surface area contributed by atoms with Crippen LogP contribution < -0.4 is 0 Å². The van der Waals surface area contributed by atoms with Crippen molar-refractivity contribution in [2.75, 3.05) is 0 Å². The standard InChI is InChI=1S/C14H22O/c1-2-13(15)9-14-6-10-3-11(7-14)5-12(4-10)8-14/h10-12H,2-9H2,1H3. The second kappa shape index (κ2) is 3.33. The van der Waals surface area contributed by atoms with E-state index < -0.39 is 0 Å². The van der Waals surface area contributed by atoms with Gasteiger partial charge in [0.2, 0.25) is 0 Å². The van der Waals surface area contributed by atoms with Crippen LogP contribution in [0.3, 0.4) is 0 Å². The maximum Gasteiger partial charge on any atom is 0.133 e. The summed E-state index contributed by atoms with van der Waals surface area (Å²) in [6, 6.07) is 0. The minimum atomic E-state index is 0.474. The summed E-state index contributed by atoms with van der Waals surface area (Å²) in [5, 5.41) is 0. The molecule has 0 atom stereocenters. The van der Waals surface area contributed by atoms with Gasteiger partial charge in [-0.15, -0.1) is 0 Å². The van der Waals surface area contributed by atoms with Crippen LogP contribution >= 0.6 is 0 Å². The molecular formula is C14H22O. The summed E-state index contributed by atoms with van der Waals surface area (Å²) < 4.78 is 0. The minimum absolute atomic E-state index is 0.474. The molecule has 0 aromatic carbocycles. The first-order valence-corrected chi connectivity index (χ1v) is 6.71. The molecule has 0 heterocycles. The summed E-state index contributed by atoms with van der Waals surface area (Å²) in [6.07, 6.45) is 10.3. The molecule has 15 heavy (non-hydrogen) atoms. The highest BCUT2D eigenvalue weighted by molar-refractivity contribution is 5.78. The van der Waals surface area contributed by atoms with Gasteiger partial charge < -0.3 is 0 Å². The van der Waals surface area contributed by atoms with Crippen LogP contribution in [0.1, 0.15) is 58.3 Å². The van der Waals surface area contributed by atoms with Crippen molar-refractivity contribution >= 4 is 5.78 Å². The van der Waals surface area contributed by atoms with Crippen molar-refractivity contribution in [3.63, 3.8) is 0 Å². The van der Waals surface area contributed by atoms with Crippen LogP contribution in [-0.2, 0) is 4.79 Å². The molecule has 0 aromatic heterocycles. The van der Waals surface area contributed by atoms with Crippen LogP contribution in [0.2, 0.25) is 0 Å². The maximum absolute atomic E-state index is 11.7. The van der Waals surface area contributed by atoms with E-state index in [1.165, 1.54) is 38.5 Å². The molecule has 0 spiro atoms. The maximum atomic E-state index is 11.7. The molecule has 4 bridgehead atoms. The smallest absolute Gasteiger partial charge is 0.133 e. The first-order chi connectivity index (χ1) is 7.19. The van der Waals surface area contributed by atoms with Crippen LogP contribution in [0.5, 0.6) is 0 Å². The van der Waals surface area contributed by atoms with E-state index in [1.54, 1.807) is 0 Å². The predicted molar refractivity (Wildman–Crippen MR) is 60.5 cm³/mol. The molecule has 0 amide bonds. The van der Waals surface area contributed by atoms with Crippen molar-refractivity contribution in [3.8, 4) is 0 Å². The van der Waals surface area contributed by atoms with Gasteiger partial charge in [0.25, 0.3) is 0 Å². The number of carbonyl (C=O) groups is 1. The summed E-state index contributed by atoms with van der Waals surface area (Å²) in [4.78, 5) is 11.7. The molecule has 4 aliphatic carbocycles. The average Bonchev–Trinajstić information content (AvgIpc) is 2.14. The van der Waals surface area contributed by atoms with Gasteiger partial charge in [-0.3, -0.25) is 4.79 Å². The third-order valence-corrected chi connectivity index (χ3v) is 5.13. The Kier molecular flexibility index (Phi) is 2.19. The molecule has 0 aliphatic heterocycles. The normalized spacial score (nSPS) is 47.1. The predicted octanol–water partition coefficient (Wildman–Crippen LogP) is 3.57. The Morgan fingerprint density at radius 1 is 1.07 bits per heavy atom. The van der Waals surface area contributed by atoms with Gasteiger partial charge in [-0.05, 0) is 61.7 Å². The van der Waals surface area contributed by atoms with E-state index in [2.05, 4.69) is 0 Å². The fourth-order valence-corrected chi connectivity index (χ4v) is 5.05. The van der Waals surface area contributed by atoms with Gasteiger partial charge in [-0.1, -0.05) is 6.92 Å². The lowest BCUT2D eigenvalue weighted by molar-refractivity contribution is -0.127. The van der Waals surface area contributed by atoms with Crippen molar-refractivity contribution in [1.29, 1.82) is 0 Å². The quantitative estimate of drug-likeness (QED) is 0.690. The highest BCUT2D eigenvalue weighted by Crippen LogP contribution is 2.61. The van der Waals surface area contributed by atoms with Crippen molar-refractivity contribution in [1.82, 2.24) is 0 Å². The Morgan fingerprint density at radius 3 is 1.93 bits per heavy atom. The van der Waals surface area contributed by atoms with Gasteiger partial charge in [0.05, 0.1) is 0 Å². The fraction of sp³-hybridized carbons (Fsp3) is 0.929. The Morgan fingerprint density at radius 2 is 1.53 bits per heavy atom. The van der Waals surface area contributed by atoms with Gasteiger partial charge in [-0.2, -0.15) is 0 Å². The van der Waals surface area contributed by atoms with E-state index in [0.717, 1.165) is 30.6 Å². The lowest BCUT2D eigenvalue weighted by Gasteiger charge is -2.56. The van der Waals surface area contributed by atoms with E-state index in [4.69, 9.17) is 0 Å². The van der Waals surface area contributed by atoms with Gasteiger partial charge in [-0.25, -0.2) is 0 Å². The van der Waals surface area contributed by atoms with Crippen molar-refractivity contribution in [2.45, 2.75) is 58.3 Å². The largest absolute Gasteiger partial charge is 0.300 e. The minimum Gasteiger partial charge on any atom is -0.300 e. The summed E-state index contributed by atoms with van der Waals surface area (Å²) in [7, 11) is 0. The van der Waals surface area contributed by atoms with Crippen LogP contribution in [0.15, 0.2) is 0 Å². The number of carbonyl (C=O) groups excluding carboxylic acids is 1. The summed E-state index contributed by atoms with van der Waals surface area (Å²) in [5.41, 5.74) is 0.474. The van der Waals surface area contributed by atoms with E-state index in [0.29, 0.717) is 11.2 Å². The van der Waals surface area contributed by atoms with Gasteiger partial charge >= 0.3 is 0 Å². The zero-order valence-electron chi connectivity index (χ0n) is 9.80. The molecule has 84 valence electrons. The molecule has 0 radical (unpaired) electrons.